The molecule has 0 fully saturated rings. The highest BCUT2D eigenvalue weighted by Crippen LogP contribution is 2.20. The van der Waals surface area contributed by atoms with E-state index < -0.39 is 7.74 Å². The summed E-state index contributed by atoms with van der Waals surface area (Å²) < 4.78 is 5.28. The molecule has 0 bridgehead atoms. The predicted molar refractivity (Wildman–Crippen MR) is 80.3 cm³/mol. The van der Waals surface area contributed by atoms with Gasteiger partial charge in [-0.15, -0.1) is 0 Å². The molecule has 0 spiro atoms. The Hall–Kier alpha value is 0.617. The Labute approximate surface area is 112 Å². The van der Waals surface area contributed by atoms with E-state index in [1.807, 2.05) is 0 Å². The molecule has 98 valence electrons. The molecule has 0 heterocycles. The van der Waals surface area contributed by atoms with E-state index in [9.17, 15) is 0 Å². The molecule has 0 unspecified atom stereocenters. The van der Waals surface area contributed by atoms with E-state index in [-0.39, 0.29) is 0 Å². The summed E-state index contributed by atoms with van der Waals surface area (Å²) in [5.41, 5.74) is 0. The van der Waals surface area contributed by atoms with E-state index in [1.165, 1.54) is 0 Å². The van der Waals surface area contributed by atoms with Crippen LogP contribution in [0.15, 0.2) is 0 Å². The first-order chi connectivity index (χ1) is 7.20. The highest BCUT2D eigenvalue weighted by molar-refractivity contribution is 9.24. The topological polar surface area (TPSA) is 6.48 Å². The number of nitrogens with zero attached hydrogens (tertiary/aromatic N) is 2. The molecule has 0 aliphatic rings. The molecular weight excluding hydrogens is 280 g/mol. The first-order valence-corrected chi connectivity index (χ1v) is 10.6. The van der Waals surface area contributed by atoms with E-state index in [4.69, 9.17) is 0 Å². The largest absolute Gasteiger partial charge is 0.301 e. The highest BCUT2D eigenvalue weighted by atomic mass is 79.9. The van der Waals surface area contributed by atoms with E-state index in [2.05, 4.69) is 79.8 Å². The Bertz CT molecular complexity index is 159. The van der Waals surface area contributed by atoms with E-state index >= 15 is 0 Å². The summed E-state index contributed by atoms with van der Waals surface area (Å²) >= 11 is 4.00. The maximum atomic E-state index is 4.00. The molecule has 0 saturated heterocycles. The van der Waals surface area contributed by atoms with E-state index in [0.717, 1.165) is 0 Å². The monoisotopic (exact) mass is 308 g/mol. The Morgan fingerprint density at radius 3 is 0.938 bits per heavy atom. The number of rotatable bonds is 6. The first kappa shape index (κ1) is 16.6. The van der Waals surface area contributed by atoms with Crippen molar-refractivity contribution in [1.82, 2.24) is 9.13 Å². The maximum absolute atomic E-state index is 4.00. The van der Waals surface area contributed by atoms with Crippen molar-refractivity contribution in [1.29, 1.82) is 0 Å². The second kappa shape index (κ2) is 7.14. The molecule has 2 nitrogen and oxygen atoms in total. The van der Waals surface area contributed by atoms with E-state index in [1.54, 1.807) is 0 Å². The fourth-order valence-electron chi connectivity index (χ4n) is 2.33. The molecule has 0 amide bonds. The molecule has 0 rings (SSSR count). The SMILES string of the molecule is CC(C)N(C(C)C)[SiH](Br)N(C(C)C)C(C)C. The van der Waals surface area contributed by atoms with Crippen molar-refractivity contribution in [2.45, 2.75) is 79.6 Å². The summed E-state index contributed by atoms with van der Waals surface area (Å²) in [4.78, 5) is 0. The number of hydrogen-bond donors (Lipinski definition) is 0. The fraction of sp³-hybridized carbons (Fsp3) is 1.00. The van der Waals surface area contributed by atoms with Crippen molar-refractivity contribution in [3.05, 3.63) is 0 Å². The van der Waals surface area contributed by atoms with Crippen LogP contribution >= 0.6 is 15.3 Å². The van der Waals surface area contributed by atoms with Gasteiger partial charge in [0.2, 0.25) is 0 Å². The maximum Gasteiger partial charge on any atom is 0.265 e. The van der Waals surface area contributed by atoms with Gasteiger partial charge in [0.15, 0.2) is 0 Å². The molecule has 0 aromatic carbocycles. The third kappa shape index (κ3) is 4.47. The van der Waals surface area contributed by atoms with Crippen LogP contribution in [0, 0.1) is 0 Å². The van der Waals surface area contributed by atoms with Crippen LogP contribution in [-0.2, 0) is 0 Å². The lowest BCUT2D eigenvalue weighted by Gasteiger charge is -2.43. The summed E-state index contributed by atoms with van der Waals surface area (Å²) in [7, 11) is -1.18. The molecular formula is C12H29BrN2Si. The summed E-state index contributed by atoms with van der Waals surface area (Å²) in [5.74, 6) is 0. The quantitative estimate of drug-likeness (QED) is 0.548. The normalized spacial score (nSPS) is 13.5. The molecule has 4 heteroatoms. The molecule has 16 heavy (non-hydrogen) atoms. The van der Waals surface area contributed by atoms with Gasteiger partial charge in [-0.2, -0.15) is 0 Å². The van der Waals surface area contributed by atoms with Crippen molar-refractivity contribution in [2.24, 2.45) is 0 Å². The third-order valence-corrected chi connectivity index (χ3v) is 9.08. The average Bonchev–Trinajstić information content (AvgIpc) is 1.99. The Morgan fingerprint density at radius 1 is 0.625 bits per heavy atom. The van der Waals surface area contributed by atoms with Crippen LogP contribution in [0.4, 0.5) is 0 Å². The molecule has 0 radical (unpaired) electrons. The van der Waals surface area contributed by atoms with Gasteiger partial charge >= 0.3 is 0 Å². The minimum Gasteiger partial charge on any atom is -0.301 e. The van der Waals surface area contributed by atoms with Crippen molar-refractivity contribution in [2.75, 3.05) is 0 Å². The zero-order valence-electron chi connectivity index (χ0n) is 12.2. The minimum atomic E-state index is -1.18. The molecule has 0 atom stereocenters. The van der Waals surface area contributed by atoms with Crippen molar-refractivity contribution < 1.29 is 0 Å². The Kier molecular flexibility index (Phi) is 7.42. The van der Waals surface area contributed by atoms with Crippen LogP contribution in [0.2, 0.25) is 0 Å². The van der Waals surface area contributed by atoms with Crippen LogP contribution in [0.5, 0.6) is 0 Å². The summed E-state index contributed by atoms with van der Waals surface area (Å²) in [5, 5.41) is 0. The molecule has 0 aromatic rings. The molecule has 0 saturated carbocycles. The van der Waals surface area contributed by atoms with Crippen LogP contribution in [0.1, 0.15) is 55.4 Å². The predicted octanol–water partition coefficient (Wildman–Crippen LogP) is 3.34. The zero-order valence-corrected chi connectivity index (χ0v) is 14.9. The van der Waals surface area contributed by atoms with Crippen molar-refractivity contribution >= 4 is 23.0 Å². The zero-order chi connectivity index (χ0) is 13.0. The van der Waals surface area contributed by atoms with Gasteiger partial charge in [-0.25, -0.2) is 0 Å². The summed E-state index contributed by atoms with van der Waals surface area (Å²) in [6.45, 7) is 18.3. The lowest BCUT2D eigenvalue weighted by Crippen LogP contribution is -2.58. The minimum absolute atomic E-state index is 0.607. The van der Waals surface area contributed by atoms with Crippen LogP contribution in [0.25, 0.3) is 0 Å². The Morgan fingerprint density at radius 2 is 0.812 bits per heavy atom. The third-order valence-electron chi connectivity index (χ3n) is 2.88. The van der Waals surface area contributed by atoms with Gasteiger partial charge in [0.1, 0.15) is 0 Å². The summed E-state index contributed by atoms with van der Waals surface area (Å²) in [6, 6.07) is 2.43. The number of halogens is 1. The van der Waals surface area contributed by atoms with Gasteiger partial charge in [0, 0.05) is 0 Å². The van der Waals surface area contributed by atoms with Gasteiger partial charge in [-0.05, 0) is 24.2 Å². The Balaban J connectivity index is 4.88. The number of hydrogen-bond acceptors (Lipinski definition) is 2. The first-order valence-electron chi connectivity index (χ1n) is 6.39. The second-order valence-electron chi connectivity index (χ2n) is 5.58. The van der Waals surface area contributed by atoms with Gasteiger partial charge < -0.3 is 9.13 Å². The van der Waals surface area contributed by atoms with Gasteiger partial charge in [-0.1, -0.05) is 70.7 Å². The summed E-state index contributed by atoms with van der Waals surface area (Å²) in [6.07, 6.45) is 0. The molecule has 0 aliphatic heterocycles. The van der Waals surface area contributed by atoms with Crippen molar-refractivity contribution in [3.63, 3.8) is 0 Å². The van der Waals surface area contributed by atoms with Crippen LogP contribution in [-0.4, -0.2) is 41.0 Å². The average molecular weight is 309 g/mol. The lowest BCUT2D eigenvalue weighted by molar-refractivity contribution is 0.234. The highest BCUT2D eigenvalue weighted by Gasteiger charge is 2.31. The van der Waals surface area contributed by atoms with Gasteiger partial charge in [0.25, 0.3) is 7.74 Å². The van der Waals surface area contributed by atoms with Crippen LogP contribution in [0.3, 0.4) is 0 Å². The second-order valence-corrected chi connectivity index (χ2v) is 9.85. The standard InChI is InChI=1S/C12H29BrN2Si/c1-9(2)14(10(3)4)16(13)15(11(5)6)12(7)8/h9-12,16H,1-8H3. The molecule has 0 aliphatic carbocycles. The van der Waals surface area contributed by atoms with Crippen molar-refractivity contribution in [3.8, 4) is 0 Å². The molecule has 0 aromatic heterocycles. The smallest absolute Gasteiger partial charge is 0.265 e. The van der Waals surface area contributed by atoms with Crippen LogP contribution < -0.4 is 0 Å². The molecule has 0 N–H and O–H groups in total. The van der Waals surface area contributed by atoms with Gasteiger partial charge in [-0.3, -0.25) is 0 Å². The lowest BCUT2D eigenvalue weighted by atomic mass is 10.3. The fourth-order valence-corrected chi connectivity index (χ4v) is 10.3. The van der Waals surface area contributed by atoms with E-state index in [0.29, 0.717) is 24.2 Å². The van der Waals surface area contributed by atoms with Gasteiger partial charge in [0.05, 0.1) is 0 Å².